The molecule has 0 aliphatic carbocycles. The number of fused-ring (bicyclic) bond motifs is 2. The first kappa shape index (κ1) is 27.7. The van der Waals surface area contributed by atoms with Crippen LogP contribution in [0, 0.1) is 0 Å². The highest BCUT2D eigenvalue weighted by Crippen LogP contribution is 2.26. The number of benzene rings is 1. The minimum atomic E-state index is -0.0291. The number of piperidine rings is 1. The van der Waals surface area contributed by atoms with Crippen LogP contribution in [-0.2, 0) is 11.3 Å². The second-order valence-corrected chi connectivity index (χ2v) is 11.2. The van der Waals surface area contributed by atoms with Crippen LogP contribution in [0.3, 0.4) is 0 Å². The molecular weight excluding hydrogens is 504 g/mol. The van der Waals surface area contributed by atoms with Gasteiger partial charge in [-0.2, -0.15) is 19.6 Å². The van der Waals surface area contributed by atoms with Crippen LogP contribution in [-0.4, -0.2) is 75.1 Å². The molecule has 1 aliphatic heterocycles. The van der Waals surface area contributed by atoms with Gasteiger partial charge in [0.1, 0.15) is 5.82 Å². The fourth-order valence-corrected chi connectivity index (χ4v) is 5.00. The van der Waals surface area contributed by atoms with Gasteiger partial charge in [0.25, 0.3) is 0 Å². The molecule has 3 aromatic heterocycles. The predicted molar refractivity (Wildman–Crippen MR) is 160 cm³/mol. The van der Waals surface area contributed by atoms with Gasteiger partial charge in [0.2, 0.25) is 17.8 Å². The largest absolute Gasteiger partial charge is 0.350 e. The number of carbonyl (C=O) groups is 1. The highest BCUT2D eigenvalue weighted by atomic mass is 16.1. The van der Waals surface area contributed by atoms with Crippen LogP contribution < -0.4 is 21.3 Å². The van der Waals surface area contributed by atoms with Crippen molar-refractivity contribution in [3.05, 3.63) is 47.7 Å². The van der Waals surface area contributed by atoms with Gasteiger partial charge in [-0.25, -0.2) is 4.98 Å². The summed E-state index contributed by atoms with van der Waals surface area (Å²) < 4.78 is 1.78. The predicted octanol–water partition coefficient (Wildman–Crippen LogP) is 3.62. The molecule has 0 spiro atoms. The van der Waals surface area contributed by atoms with E-state index in [9.17, 15) is 4.79 Å². The van der Waals surface area contributed by atoms with Crippen LogP contribution in [0.25, 0.3) is 16.6 Å². The SMILES string of the molecule is CC(C)c1cnn2c(NCc3cccc4ccc(NC(=O)CCCN(C)C)nc34)nc(N3CCC(N)CC3)nc12. The lowest BCUT2D eigenvalue weighted by molar-refractivity contribution is -0.116. The van der Waals surface area contributed by atoms with E-state index in [1.165, 1.54) is 0 Å². The van der Waals surface area contributed by atoms with Gasteiger partial charge in [-0.05, 0) is 63.5 Å². The number of nitrogens with two attached hydrogens (primary N) is 1. The van der Waals surface area contributed by atoms with E-state index in [0.717, 1.165) is 66.6 Å². The molecule has 4 N–H and O–H groups in total. The average molecular weight is 545 g/mol. The van der Waals surface area contributed by atoms with Gasteiger partial charge in [-0.1, -0.05) is 32.0 Å². The van der Waals surface area contributed by atoms with Crippen molar-refractivity contribution in [3.8, 4) is 0 Å². The first-order chi connectivity index (χ1) is 19.3. The Morgan fingerprint density at radius 3 is 2.67 bits per heavy atom. The Kier molecular flexibility index (Phi) is 8.41. The summed E-state index contributed by atoms with van der Waals surface area (Å²) in [5, 5.41) is 12.1. The number of hydrogen-bond acceptors (Lipinski definition) is 9. The quantitative estimate of drug-likeness (QED) is 0.274. The normalized spacial score (nSPS) is 14.5. The zero-order chi connectivity index (χ0) is 28.2. The lowest BCUT2D eigenvalue weighted by Gasteiger charge is -2.30. The molecule has 0 bridgehead atoms. The molecular formula is C29H40N10O. The smallest absolute Gasteiger partial charge is 0.230 e. The number of nitrogens with one attached hydrogen (secondary N) is 2. The Bertz CT molecular complexity index is 1470. The van der Waals surface area contributed by atoms with Crippen LogP contribution in [0.5, 0.6) is 0 Å². The van der Waals surface area contributed by atoms with E-state index in [0.29, 0.717) is 30.7 Å². The lowest BCUT2D eigenvalue weighted by atomic mass is 10.1. The fraction of sp³-hybridized carbons (Fsp3) is 0.483. The molecule has 1 aromatic carbocycles. The number of anilines is 3. The average Bonchev–Trinajstić information content (AvgIpc) is 3.36. The Hall–Kier alpha value is -3.83. The van der Waals surface area contributed by atoms with E-state index in [2.05, 4.69) is 39.4 Å². The molecule has 11 nitrogen and oxygen atoms in total. The van der Waals surface area contributed by atoms with Crippen molar-refractivity contribution in [3.63, 3.8) is 0 Å². The van der Waals surface area contributed by atoms with Crippen molar-refractivity contribution in [1.82, 2.24) is 29.5 Å². The van der Waals surface area contributed by atoms with Crippen molar-refractivity contribution in [1.29, 1.82) is 0 Å². The van der Waals surface area contributed by atoms with Crippen molar-refractivity contribution in [2.75, 3.05) is 49.3 Å². The summed E-state index contributed by atoms with van der Waals surface area (Å²) in [5.41, 5.74) is 9.87. The zero-order valence-electron chi connectivity index (χ0n) is 23.9. The van der Waals surface area contributed by atoms with Crippen LogP contribution in [0.2, 0.25) is 0 Å². The summed E-state index contributed by atoms with van der Waals surface area (Å²) >= 11 is 0. The summed E-state index contributed by atoms with van der Waals surface area (Å²) in [6.45, 7) is 7.31. The van der Waals surface area contributed by atoms with Gasteiger partial charge >= 0.3 is 0 Å². The molecule has 1 fully saturated rings. The molecule has 1 aliphatic rings. The number of carbonyl (C=O) groups excluding carboxylic acids is 1. The van der Waals surface area contributed by atoms with Gasteiger partial charge in [0.05, 0.1) is 11.7 Å². The van der Waals surface area contributed by atoms with Crippen molar-refractivity contribution in [2.45, 2.75) is 58.0 Å². The number of para-hydroxylation sites is 1. The molecule has 1 amide bonds. The van der Waals surface area contributed by atoms with Crippen LogP contribution in [0.1, 0.15) is 56.6 Å². The monoisotopic (exact) mass is 544 g/mol. The topological polar surface area (TPSA) is 130 Å². The molecule has 0 saturated carbocycles. The number of hydrogen-bond donors (Lipinski definition) is 3. The molecule has 212 valence electrons. The number of amides is 1. The van der Waals surface area contributed by atoms with E-state index < -0.39 is 0 Å². The van der Waals surface area contributed by atoms with Gasteiger partial charge in [0.15, 0.2) is 5.65 Å². The lowest BCUT2D eigenvalue weighted by Crippen LogP contribution is -2.40. The number of rotatable bonds is 10. The van der Waals surface area contributed by atoms with Crippen LogP contribution >= 0.6 is 0 Å². The first-order valence-electron chi connectivity index (χ1n) is 14.1. The van der Waals surface area contributed by atoms with Crippen molar-refractivity contribution >= 4 is 40.2 Å². The molecule has 0 radical (unpaired) electrons. The minimum absolute atomic E-state index is 0.0291. The Balaban J connectivity index is 1.40. The number of nitrogens with zero attached hydrogens (tertiary/aromatic N) is 7. The second-order valence-electron chi connectivity index (χ2n) is 11.2. The molecule has 4 heterocycles. The van der Waals surface area contributed by atoms with Gasteiger partial charge in [0, 0.05) is 43.0 Å². The van der Waals surface area contributed by atoms with Gasteiger partial charge in [-0.3, -0.25) is 4.79 Å². The third-order valence-corrected chi connectivity index (χ3v) is 7.35. The minimum Gasteiger partial charge on any atom is -0.350 e. The first-order valence-corrected chi connectivity index (χ1v) is 14.1. The summed E-state index contributed by atoms with van der Waals surface area (Å²) in [5.74, 6) is 2.13. The maximum atomic E-state index is 12.5. The third-order valence-electron chi connectivity index (χ3n) is 7.35. The highest BCUT2D eigenvalue weighted by Gasteiger charge is 2.22. The van der Waals surface area contributed by atoms with Crippen molar-refractivity contribution in [2.24, 2.45) is 5.73 Å². The Morgan fingerprint density at radius 2 is 1.93 bits per heavy atom. The molecule has 0 atom stereocenters. The Morgan fingerprint density at radius 1 is 1.12 bits per heavy atom. The fourth-order valence-electron chi connectivity index (χ4n) is 5.00. The molecule has 11 heteroatoms. The van der Waals surface area contributed by atoms with E-state index in [-0.39, 0.29) is 17.9 Å². The van der Waals surface area contributed by atoms with Crippen LogP contribution in [0.15, 0.2) is 36.5 Å². The molecule has 1 saturated heterocycles. The summed E-state index contributed by atoms with van der Waals surface area (Å²) in [6.07, 6.45) is 4.97. The summed E-state index contributed by atoms with van der Waals surface area (Å²) in [6, 6.07) is 10.2. The highest BCUT2D eigenvalue weighted by molar-refractivity contribution is 5.92. The molecule has 5 rings (SSSR count). The molecule has 0 unspecified atom stereocenters. The van der Waals surface area contributed by atoms with Gasteiger partial charge in [-0.15, -0.1) is 0 Å². The molecule has 4 aromatic rings. The number of aromatic nitrogens is 5. The van der Waals surface area contributed by atoms with E-state index in [4.69, 9.17) is 20.7 Å². The third kappa shape index (κ3) is 6.31. The Labute approximate surface area is 235 Å². The standard InChI is InChI=1S/C29H40N10O/c1-19(2)23-18-32-39-27(23)35-29(38-15-12-22(30)13-16-38)36-28(39)31-17-21-8-5-7-20-10-11-24(34-26(20)21)33-25(40)9-6-14-37(3)4/h5,7-8,10-11,18-19,22H,6,9,12-17,30H2,1-4H3,(H,31,35,36)(H,33,34,40). The summed E-state index contributed by atoms with van der Waals surface area (Å²) in [7, 11) is 4.01. The number of pyridine rings is 1. The maximum Gasteiger partial charge on any atom is 0.230 e. The second kappa shape index (κ2) is 12.1. The van der Waals surface area contributed by atoms with E-state index in [1.54, 1.807) is 4.52 Å². The summed E-state index contributed by atoms with van der Waals surface area (Å²) in [4.78, 5) is 31.4. The van der Waals surface area contributed by atoms with E-state index in [1.807, 2.05) is 50.6 Å². The zero-order valence-corrected chi connectivity index (χ0v) is 23.9. The maximum absolute atomic E-state index is 12.5. The van der Waals surface area contributed by atoms with Crippen LogP contribution in [0.4, 0.5) is 17.7 Å². The van der Waals surface area contributed by atoms with E-state index >= 15 is 0 Å². The molecule has 40 heavy (non-hydrogen) atoms. The van der Waals surface area contributed by atoms with Crippen molar-refractivity contribution < 1.29 is 4.79 Å². The van der Waals surface area contributed by atoms with Gasteiger partial charge < -0.3 is 26.2 Å².